The van der Waals surface area contributed by atoms with Gasteiger partial charge in [0, 0.05) is 35.9 Å². The summed E-state index contributed by atoms with van der Waals surface area (Å²) in [6.07, 6.45) is -4.44. The van der Waals surface area contributed by atoms with Crippen LogP contribution in [0.3, 0.4) is 0 Å². The number of benzene rings is 3. The van der Waals surface area contributed by atoms with Crippen LogP contribution in [-0.4, -0.2) is 13.2 Å². The van der Waals surface area contributed by atoms with Gasteiger partial charge >= 0.3 is 13.4 Å². The largest absolute Gasteiger partial charge is 0.673 e. The molecule has 4 rings (SSSR count). The van der Waals surface area contributed by atoms with Crippen molar-refractivity contribution in [3.05, 3.63) is 70.8 Å². The molecule has 0 aliphatic rings. The first-order valence-corrected chi connectivity index (χ1v) is 10.4. The molecule has 0 aliphatic heterocycles. The summed E-state index contributed by atoms with van der Waals surface area (Å²) in [5.41, 5.74) is 4.27. The van der Waals surface area contributed by atoms with Crippen LogP contribution in [0.15, 0.2) is 52.6 Å². The molecule has 11 heteroatoms. The minimum absolute atomic E-state index is 0.185. The van der Waals surface area contributed by atoms with Crippen LogP contribution in [0, 0.1) is 20.8 Å². The van der Waals surface area contributed by atoms with Gasteiger partial charge in [-0.05, 0) is 56.7 Å². The molecular formula is C24H21BF7NO2. The number of carbonyl (C=O) groups is 1. The van der Waals surface area contributed by atoms with Gasteiger partial charge in [-0.25, -0.2) is 0 Å². The van der Waals surface area contributed by atoms with Crippen LogP contribution in [0.1, 0.15) is 29.2 Å². The van der Waals surface area contributed by atoms with Gasteiger partial charge in [0.05, 0.1) is 16.3 Å². The molecule has 0 spiro atoms. The van der Waals surface area contributed by atoms with Crippen molar-refractivity contribution in [3.63, 3.8) is 0 Å². The molecule has 3 aromatic carbocycles. The number of hydrogen-bond acceptors (Lipinski definition) is 1. The van der Waals surface area contributed by atoms with Crippen molar-refractivity contribution in [1.82, 2.24) is 0 Å². The Kier molecular flexibility index (Phi) is 6.92. The van der Waals surface area contributed by atoms with E-state index in [0.717, 1.165) is 50.8 Å². The van der Waals surface area contributed by atoms with Gasteiger partial charge in [-0.3, -0.25) is 4.79 Å². The average Bonchev–Trinajstić information content (AvgIpc) is 3.01. The highest BCUT2D eigenvalue weighted by molar-refractivity contribution is 6.50. The predicted molar refractivity (Wildman–Crippen MR) is 123 cm³/mol. The van der Waals surface area contributed by atoms with Gasteiger partial charge in [0.2, 0.25) is 5.91 Å². The van der Waals surface area contributed by atoms with Crippen LogP contribution in [-0.2, 0) is 11.0 Å². The normalized spacial score (nSPS) is 12.0. The number of halogens is 7. The molecule has 0 fully saturated rings. The zero-order valence-corrected chi connectivity index (χ0v) is 19.2. The van der Waals surface area contributed by atoms with Crippen molar-refractivity contribution < 1.29 is 39.3 Å². The second kappa shape index (κ2) is 9.28. The standard InChI is InChI=1S/C24H20F3NO2.BF4/c1-13-8-14(2)22-20(9-13)21-12-18(28-16(4)29)10-15(3)23(21)30(22)19-7-5-6-17(11-19)24(25,26)27;2-1(3,4)5/h5-12H,1-4H3;/q;-1/p+1. The molecule has 1 amide bonds. The van der Waals surface area contributed by atoms with Crippen LogP contribution in [0.5, 0.6) is 0 Å². The van der Waals surface area contributed by atoms with E-state index in [1.807, 2.05) is 45.0 Å². The first-order chi connectivity index (χ1) is 16.1. The number of carbonyl (C=O) groups excluding carboxylic acids is 1. The first-order valence-electron chi connectivity index (χ1n) is 10.4. The number of amides is 1. The maximum Gasteiger partial charge on any atom is 0.673 e. The molecule has 0 saturated heterocycles. The molecule has 1 N–H and O–H groups in total. The summed E-state index contributed by atoms with van der Waals surface area (Å²) in [7, 11) is -6.00. The lowest BCUT2D eigenvalue weighted by Crippen LogP contribution is -2.05. The van der Waals surface area contributed by atoms with Gasteiger partial charge in [0.1, 0.15) is 0 Å². The second-order valence-corrected chi connectivity index (χ2v) is 8.14. The van der Waals surface area contributed by atoms with Crippen LogP contribution in [0.2, 0.25) is 0 Å². The van der Waals surface area contributed by atoms with E-state index in [1.54, 1.807) is 6.07 Å². The number of rotatable bonds is 2. The monoisotopic (exact) mass is 499 g/mol. The van der Waals surface area contributed by atoms with E-state index in [0.29, 0.717) is 11.4 Å². The van der Waals surface area contributed by atoms with Gasteiger partial charge in [-0.15, -0.1) is 0 Å². The molecule has 0 atom stereocenters. The summed E-state index contributed by atoms with van der Waals surface area (Å²) in [5, 5.41) is 4.56. The van der Waals surface area contributed by atoms with Crippen molar-refractivity contribution in [2.75, 3.05) is 5.32 Å². The van der Waals surface area contributed by atoms with Crippen molar-refractivity contribution in [2.45, 2.75) is 33.9 Å². The van der Waals surface area contributed by atoms with Crippen LogP contribution >= 0.6 is 0 Å². The number of alkyl halides is 3. The summed E-state index contributed by atoms with van der Waals surface area (Å²) >= 11 is 0. The number of hydrogen-bond donors (Lipinski definition) is 1. The lowest BCUT2D eigenvalue weighted by molar-refractivity contribution is -0.137. The topological polar surface area (TPSA) is 31.8 Å². The fraction of sp³-hybridized carbons (Fsp3) is 0.208. The molecule has 3 nitrogen and oxygen atoms in total. The summed E-state index contributed by atoms with van der Waals surface area (Å²) in [5.74, 6) is 0.183. The van der Waals surface area contributed by atoms with Gasteiger partial charge in [0.25, 0.3) is 16.9 Å². The van der Waals surface area contributed by atoms with Crippen LogP contribution in [0.4, 0.5) is 36.1 Å². The predicted octanol–water partition coefficient (Wildman–Crippen LogP) is 8.47. The van der Waals surface area contributed by atoms with E-state index in [1.165, 1.54) is 13.0 Å². The molecule has 0 unspecified atom stereocenters. The average molecular weight is 499 g/mol. The van der Waals surface area contributed by atoms with Gasteiger partial charge in [-0.2, -0.15) is 13.2 Å². The third-order valence-electron chi connectivity index (χ3n) is 5.11. The Balaban J connectivity index is 0.000000623. The zero-order valence-electron chi connectivity index (χ0n) is 19.2. The molecule has 1 aromatic heterocycles. The SMILES string of the molecule is CC(=O)Nc1cc(C)c2c(c1)c1cc(C)cc(C)c1[o+]2-c1cccc(C(F)(F)F)c1.F[B-](F)(F)F. The lowest BCUT2D eigenvalue weighted by atomic mass is 10.0. The second-order valence-electron chi connectivity index (χ2n) is 8.14. The summed E-state index contributed by atoms with van der Waals surface area (Å²) in [6.45, 7) is 7.24. The molecule has 0 bridgehead atoms. The van der Waals surface area contributed by atoms with Crippen LogP contribution < -0.4 is 5.32 Å². The summed E-state index contributed by atoms with van der Waals surface area (Å²) in [6, 6.07) is 13.0. The van der Waals surface area contributed by atoms with Gasteiger partial charge in [-0.1, -0.05) is 6.07 Å². The maximum absolute atomic E-state index is 13.4. The Morgan fingerprint density at radius 1 is 0.857 bits per heavy atom. The van der Waals surface area contributed by atoms with E-state index in [4.69, 9.17) is 0 Å². The number of fused-ring (bicyclic) bond motifs is 3. The van der Waals surface area contributed by atoms with Crippen molar-refractivity contribution in [3.8, 4) is 5.75 Å². The van der Waals surface area contributed by atoms with Crippen molar-refractivity contribution >= 4 is 40.8 Å². The van der Waals surface area contributed by atoms with Gasteiger partial charge in [0.15, 0.2) is 0 Å². The van der Waals surface area contributed by atoms with E-state index in [2.05, 4.69) is 9.36 Å². The summed E-state index contributed by atoms with van der Waals surface area (Å²) < 4.78 is 82.1. The Labute approximate surface area is 196 Å². The smallest absolute Gasteiger partial charge is 0.498 e. The van der Waals surface area contributed by atoms with E-state index in [-0.39, 0.29) is 5.91 Å². The minimum Gasteiger partial charge on any atom is -0.498 e. The van der Waals surface area contributed by atoms with Crippen molar-refractivity contribution in [2.24, 2.45) is 0 Å². The molecular weight excluding hydrogens is 478 g/mol. The Morgan fingerprint density at radius 3 is 1.94 bits per heavy atom. The number of nitrogens with one attached hydrogen (secondary N) is 1. The molecule has 4 aromatic rings. The summed E-state index contributed by atoms with van der Waals surface area (Å²) in [4.78, 5) is 11.6. The highest BCUT2D eigenvalue weighted by atomic mass is 19.5. The van der Waals surface area contributed by atoms with Crippen molar-refractivity contribution in [1.29, 1.82) is 0 Å². The molecule has 186 valence electrons. The molecule has 0 aliphatic carbocycles. The number of aryl methyl sites for hydroxylation is 3. The Morgan fingerprint density at radius 2 is 1.40 bits per heavy atom. The molecule has 0 radical (unpaired) electrons. The van der Waals surface area contributed by atoms with E-state index < -0.39 is 19.0 Å². The van der Waals surface area contributed by atoms with E-state index >= 15 is 0 Å². The lowest BCUT2D eigenvalue weighted by Gasteiger charge is -2.11. The first kappa shape index (κ1) is 26.1. The zero-order chi connectivity index (χ0) is 26.3. The molecule has 35 heavy (non-hydrogen) atoms. The van der Waals surface area contributed by atoms with Crippen LogP contribution in [0.25, 0.3) is 27.7 Å². The number of furan rings is 1. The Bertz CT molecular complexity index is 1420. The fourth-order valence-electron chi connectivity index (χ4n) is 4.08. The van der Waals surface area contributed by atoms with E-state index in [9.17, 15) is 35.2 Å². The number of anilines is 1. The quantitative estimate of drug-likeness (QED) is 0.168. The third kappa shape index (κ3) is 5.96. The highest BCUT2D eigenvalue weighted by Crippen LogP contribution is 2.44. The minimum atomic E-state index is -6.00. The fourth-order valence-corrected chi connectivity index (χ4v) is 4.08. The van der Waals surface area contributed by atoms with Gasteiger partial charge < -0.3 is 26.6 Å². The maximum atomic E-state index is 13.4. The highest BCUT2D eigenvalue weighted by Gasteiger charge is 2.33. The molecule has 1 heterocycles. The third-order valence-corrected chi connectivity index (χ3v) is 5.11. The molecule has 0 saturated carbocycles. The Hall–Kier alpha value is -3.50.